The first-order chi connectivity index (χ1) is 7.97. The van der Waals surface area contributed by atoms with Crippen molar-refractivity contribution in [3.63, 3.8) is 0 Å². The van der Waals surface area contributed by atoms with Gasteiger partial charge in [0.25, 0.3) is 0 Å². The van der Waals surface area contributed by atoms with Crippen LogP contribution in [0.3, 0.4) is 0 Å². The van der Waals surface area contributed by atoms with Gasteiger partial charge in [-0.2, -0.15) is 0 Å². The summed E-state index contributed by atoms with van der Waals surface area (Å²) < 4.78 is 9.73. The van der Waals surface area contributed by atoms with Gasteiger partial charge in [0.2, 0.25) is 5.91 Å². The van der Waals surface area contributed by atoms with Gasteiger partial charge in [0.1, 0.15) is 0 Å². The second-order valence-corrected chi connectivity index (χ2v) is 3.93. The smallest absolute Gasteiger partial charge is 0.320 e. The van der Waals surface area contributed by atoms with E-state index < -0.39 is 6.04 Å². The van der Waals surface area contributed by atoms with Crippen molar-refractivity contribution in [2.45, 2.75) is 32.9 Å². The van der Waals surface area contributed by atoms with Crippen molar-refractivity contribution >= 4 is 11.9 Å². The van der Waals surface area contributed by atoms with E-state index in [1.165, 1.54) is 0 Å². The molecule has 0 aliphatic heterocycles. The Morgan fingerprint density at radius 1 is 1.24 bits per heavy atom. The molecule has 17 heavy (non-hydrogen) atoms. The minimum atomic E-state index is -0.438. The van der Waals surface area contributed by atoms with E-state index in [2.05, 4.69) is 10.6 Å². The Morgan fingerprint density at radius 3 is 2.41 bits per heavy atom. The van der Waals surface area contributed by atoms with Gasteiger partial charge < -0.3 is 14.8 Å². The van der Waals surface area contributed by atoms with Crippen LogP contribution in [0.15, 0.2) is 0 Å². The van der Waals surface area contributed by atoms with Gasteiger partial charge in [-0.3, -0.25) is 14.9 Å². The van der Waals surface area contributed by atoms with Crippen LogP contribution >= 0.6 is 0 Å². The zero-order chi connectivity index (χ0) is 13.3. The van der Waals surface area contributed by atoms with E-state index in [-0.39, 0.29) is 24.5 Å². The monoisotopic (exact) mass is 246 g/mol. The molecule has 0 aliphatic carbocycles. The van der Waals surface area contributed by atoms with Crippen LogP contribution in [0.2, 0.25) is 0 Å². The van der Waals surface area contributed by atoms with Crippen LogP contribution in [-0.2, 0) is 19.1 Å². The molecule has 0 saturated heterocycles. The molecular formula is C11H22N2O4. The molecule has 1 amide bonds. The van der Waals surface area contributed by atoms with Crippen LogP contribution in [0.1, 0.15) is 20.8 Å². The van der Waals surface area contributed by atoms with Gasteiger partial charge in [0.05, 0.1) is 25.3 Å². The summed E-state index contributed by atoms with van der Waals surface area (Å²) in [7, 11) is 1.57. The number of carbonyl (C=O) groups excluding carboxylic acids is 2. The Morgan fingerprint density at radius 2 is 1.88 bits per heavy atom. The van der Waals surface area contributed by atoms with Crippen LogP contribution in [0.25, 0.3) is 0 Å². The van der Waals surface area contributed by atoms with Crippen molar-refractivity contribution in [1.82, 2.24) is 10.6 Å². The third-order valence-electron chi connectivity index (χ3n) is 1.92. The summed E-state index contributed by atoms with van der Waals surface area (Å²) in [6, 6.07) is -0.438. The Hall–Kier alpha value is -1.14. The van der Waals surface area contributed by atoms with E-state index in [9.17, 15) is 9.59 Å². The molecule has 0 aromatic rings. The summed E-state index contributed by atoms with van der Waals surface area (Å²) in [5, 5.41) is 5.46. The zero-order valence-corrected chi connectivity index (χ0v) is 10.9. The average Bonchev–Trinajstić information content (AvgIpc) is 2.25. The number of methoxy groups -OCH3 is 1. The van der Waals surface area contributed by atoms with Crippen molar-refractivity contribution in [3.05, 3.63) is 0 Å². The maximum absolute atomic E-state index is 11.5. The molecule has 0 aromatic heterocycles. The fourth-order valence-electron chi connectivity index (χ4n) is 1.06. The molecule has 0 bridgehead atoms. The number of esters is 1. The van der Waals surface area contributed by atoms with Crippen LogP contribution in [-0.4, -0.2) is 50.8 Å². The van der Waals surface area contributed by atoms with Crippen molar-refractivity contribution in [1.29, 1.82) is 0 Å². The number of carbonyl (C=O) groups is 2. The van der Waals surface area contributed by atoms with Crippen LogP contribution in [0.4, 0.5) is 0 Å². The third kappa shape index (κ3) is 8.65. The maximum Gasteiger partial charge on any atom is 0.320 e. The predicted octanol–water partition coefficient (Wildman–Crippen LogP) is -0.321. The van der Waals surface area contributed by atoms with Crippen LogP contribution in [0.5, 0.6) is 0 Å². The topological polar surface area (TPSA) is 76.7 Å². The van der Waals surface area contributed by atoms with Gasteiger partial charge in [-0.05, 0) is 20.8 Å². The molecule has 2 N–H and O–H groups in total. The Balaban J connectivity index is 3.73. The number of nitrogens with one attached hydrogen (secondary N) is 2. The maximum atomic E-state index is 11.5. The highest BCUT2D eigenvalue weighted by atomic mass is 16.5. The molecule has 1 atom stereocenters. The number of amides is 1. The lowest BCUT2D eigenvalue weighted by molar-refractivity contribution is -0.146. The molecule has 0 rings (SSSR count). The Labute approximate surface area is 102 Å². The highest BCUT2D eigenvalue weighted by molar-refractivity contribution is 5.82. The molecule has 0 heterocycles. The Kier molecular flexibility index (Phi) is 8.35. The lowest BCUT2D eigenvalue weighted by atomic mass is 10.3. The first-order valence-corrected chi connectivity index (χ1v) is 5.67. The zero-order valence-electron chi connectivity index (χ0n) is 10.9. The summed E-state index contributed by atoms with van der Waals surface area (Å²) in [4.78, 5) is 22.7. The van der Waals surface area contributed by atoms with E-state index in [0.717, 1.165) is 0 Å². The molecule has 6 heteroatoms. The summed E-state index contributed by atoms with van der Waals surface area (Å²) >= 11 is 0. The summed E-state index contributed by atoms with van der Waals surface area (Å²) in [5.74, 6) is -0.532. The van der Waals surface area contributed by atoms with Gasteiger partial charge in [0.15, 0.2) is 0 Å². The lowest BCUT2D eigenvalue weighted by Gasteiger charge is -2.14. The van der Waals surface area contributed by atoms with E-state index in [1.54, 1.807) is 27.9 Å². The van der Waals surface area contributed by atoms with Gasteiger partial charge >= 0.3 is 5.97 Å². The summed E-state index contributed by atoms with van der Waals surface area (Å²) in [5.41, 5.74) is 0. The third-order valence-corrected chi connectivity index (χ3v) is 1.92. The molecule has 0 spiro atoms. The highest BCUT2D eigenvalue weighted by Gasteiger charge is 2.13. The second kappa shape index (κ2) is 8.95. The first kappa shape index (κ1) is 15.9. The van der Waals surface area contributed by atoms with Crippen LogP contribution < -0.4 is 10.6 Å². The molecule has 6 nitrogen and oxygen atoms in total. The van der Waals surface area contributed by atoms with Crippen molar-refractivity contribution < 1.29 is 19.1 Å². The number of hydrogen-bond donors (Lipinski definition) is 2. The van der Waals surface area contributed by atoms with E-state index >= 15 is 0 Å². The fourth-order valence-corrected chi connectivity index (χ4v) is 1.06. The predicted molar refractivity (Wildman–Crippen MR) is 63.6 cm³/mol. The SMILES string of the molecule is COCCNC(=O)C(C)NCC(=O)OC(C)C. The summed E-state index contributed by atoms with van der Waals surface area (Å²) in [6.07, 6.45) is -0.143. The minimum Gasteiger partial charge on any atom is -0.462 e. The molecule has 0 aliphatic rings. The summed E-state index contributed by atoms with van der Waals surface area (Å²) in [6.45, 7) is 6.19. The normalized spacial score (nSPS) is 12.3. The molecule has 1 unspecified atom stereocenters. The van der Waals surface area contributed by atoms with Gasteiger partial charge in [-0.1, -0.05) is 0 Å². The standard InChI is InChI=1S/C11H22N2O4/c1-8(2)17-10(14)7-13-9(3)11(15)12-5-6-16-4/h8-9,13H,5-7H2,1-4H3,(H,12,15). The van der Waals surface area contributed by atoms with Crippen molar-refractivity contribution in [3.8, 4) is 0 Å². The Bertz CT molecular complexity index is 244. The average molecular weight is 246 g/mol. The molecule has 0 fully saturated rings. The molecule has 0 radical (unpaired) electrons. The first-order valence-electron chi connectivity index (χ1n) is 5.67. The number of ether oxygens (including phenoxy) is 2. The van der Waals surface area contributed by atoms with Crippen LogP contribution in [0, 0.1) is 0 Å². The van der Waals surface area contributed by atoms with E-state index in [0.29, 0.717) is 13.2 Å². The van der Waals surface area contributed by atoms with Gasteiger partial charge in [-0.15, -0.1) is 0 Å². The van der Waals surface area contributed by atoms with E-state index in [1.807, 2.05) is 0 Å². The molecule has 0 saturated carbocycles. The number of hydrogen-bond acceptors (Lipinski definition) is 5. The second-order valence-electron chi connectivity index (χ2n) is 3.93. The molecule has 0 aromatic carbocycles. The van der Waals surface area contributed by atoms with Crippen molar-refractivity contribution in [2.75, 3.05) is 26.8 Å². The molecule has 100 valence electrons. The quantitative estimate of drug-likeness (QED) is 0.453. The number of rotatable bonds is 8. The van der Waals surface area contributed by atoms with Gasteiger partial charge in [-0.25, -0.2) is 0 Å². The van der Waals surface area contributed by atoms with E-state index in [4.69, 9.17) is 9.47 Å². The highest BCUT2D eigenvalue weighted by Crippen LogP contribution is 1.89. The lowest BCUT2D eigenvalue weighted by Crippen LogP contribution is -2.45. The van der Waals surface area contributed by atoms with Crippen molar-refractivity contribution in [2.24, 2.45) is 0 Å². The minimum absolute atomic E-state index is 0.0248. The molecular weight excluding hydrogens is 224 g/mol. The van der Waals surface area contributed by atoms with Gasteiger partial charge in [0, 0.05) is 13.7 Å². The fraction of sp³-hybridized carbons (Fsp3) is 0.818. The largest absolute Gasteiger partial charge is 0.462 e.